The molecule has 0 saturated carbocycles. The molecule has 94 valence electrons. The van der Waals surface area contributed by atoms with E-state index in [1.54, 1.807) is 30.3 Å². The van der Waals surface area contributed by atoms with Crippen molar-refractivity contribution in [1.29, 1.82) is 0 Å². The van der Waals surface area contributed by atoms with Gasteiger partial charge in [0.2, 0.25) is 5.88 Å². The normalized spacial score (nSPS) is 10.1. The highest BCUT2D eigenvalue weighted by molar-refractivity contribution is 5.62. The Bertz CT molecular complexity index is 546. The van der Waals surface area contributed by atoms with E-state index in [2.05, 4.69) is 10.3 Å². The summed E-state index contributed by atoms with van der Waals surface area (Å²) in [5.41, 5.74) is 6.82. The third-order valence-corrected chi connectivity index (χ3v) is 2.51. The third-order valence-electron chi connectivity index (χ3n) is 2.51. The van der Waals surface area contributed by atoms with E-state index < -0.39 is 0 Å². The highest BCUT2D eigenvalue weighted by Gasteiger charge is 2.05. The van der Waals surface area contributed by atoms with Crippen molar-refractivity contribution in [1.82, 2.24) is 4.98 Å². The number of rotatable bonds is 4. The fourth-order valence-corrected chi connectivity index (χ4v) is 1.53. The minimum atomic E-state index is -0.258. The predicted molar refractivity (Wildman–Crippen MR) is 68.9 cm³/mol. The molecule has 0 bridgehead atoms. The standard InChI is InChI=1S/C13H14FN3O/c1-18-12-7-6-11(15)13(17-12)16-8-9-4-2-3-5-10(9)14/h2-7H,8,15H2,1H3,(H,16,17). The highest BCUT2D eigenvalue weighted by Crippen LogP contribution is 2.20. The number of benzene rings is 1. The first-order valence-corrected chi connectivity index (χ1v) is 5.48. The first kappa shape index (κ1) is 12.2. The Labute approximate surface area is 105 Å². The second kappa shape index (κ2) is 5.35. The van der Waals surface area contributed by atoms with E-state index in [0.717, 1.165) is 0 Å². The van der Waals surface area contributed by atoms with E-state index in [4.69, 9.17) is 10.5 Å². The number of nitrogen functional groups attached to an aromatic ring is 1. The average Bonchev–Trinajstić information content (AvgIpc) is 2.39. The molecular formula is C13H14FN3O. The summed E-state index contributed by atoms with van der Waals surface area (Å²) < 4.78 is 18.4. The Balaban J connectivity index is 2.13. The van der Waals surface area contributed by atoms with Crippen molar-refractivity contribution in [2.75, 3.05) is 18.2 Å². The van der Waals surface area contributed by atoms with E-state index in [-0.39, 0.29) is 5.82 Å². The number of hydrogen-bond acceptors (Lipinski definition) is 4. The average molecular weight is 247 g/mol. The lowest BCUT2D eigenvalue weighted by molar-refractivity contribution is 0.398. The van der Waals surface area contributed by atoms with Gasteiger partial charge in [-0.2, -0.15) is 4.98 Å². The van der Waals surface area contributed by atoms with Gasteiger partial charge in [-0.1, -0.05) is 18.2 Å². The van der Waals surface area contributed by atoms with Crippen molar-refractivity contribution in [2.24, 2.45) is 0 Å². The highest BCUT2D eigenvalue weighted by atomic mass is 19.1. The van der Waals surface area contributed by atoms with Gasteiger partial charge in [0.15, 0.2) is 5.82 Å². The van der Waals surface area contributed by atoms with Gasteiger partial charge in [-0.3, -0.25) is 0 Å². The number of anilines is 2. The van der Waals surface area contributed by atoms with Crippen LogP contribution in [0.4, 0.5) is 15.9 Å². The number of nitrogens with zero attached hydrogens (tertiary/aromatic N) is 1. The lowest BCUT2D eigenvalue weighted by Gasteiger charge is -2.10. The number of halogens is 1. The monoisotopic (exact) mass is 247 g/mol. The van der Waals surface area contributed by atoms with Crippen LogP contribution in [-0.2, 0) is 6.54 Å². The van der Waals surface area contributed by atoms with Gasteiger partial charge in [0, 0.05) is 18.2 Å². The Kier molecular flexibility index (Phi) is 3.62. The summed E-state index contributed by atoms with van der Waals surface area (Å²) in [4.78, 5) is 4.15. The molecule has 0 spiro atoms. The molecule has 0 atom stereocenters. The topological polar surface area (TPSA) is 60.2 Å². The summed E-state index contributed by atoms with van der Waals surface area (Å²) in [5.74, 6) is 0.685. The van der Waals surface area contributed by atoms with Crippen molar-refractivity contribution in [2.45, 2.75) is 6.54 Å². The molecule has 0 saturated heterocycles. The zero-order chi connectivity index (χ0) is 13.0. The summed E-state index contributed by atoms with van der Waals surface area (Å²) >= 11 is 0. The molecule has 4 nitrogen and oxygen atoms in total. The lowest BCUT2D eigenvalue weighted by Crippen LogP contribution is -2.06. The first-order chi connectivity index (χ1) is 8.70. The molecule has 1 aromatic heterocycles. The molecule has 2 rings (SSSR count). The van der Waals surface area contributed by atoms with E-state index in [0.29, 0.717) is 29.5 Å². The Morgan fingerprint density at radius 1 is 1.28 bits per heavy atom. The second-order valence-electron chi connectivity index (χ2n) is 3.74. The minimum Gasteiger partial charge on any atom is -0.481 e. The Hall–Kier alpha value is -2.30. The number of nitrogens with two attached hydrogens (primary N) is 1. The molecule has 0 amide bonds. The maximum absolute atomic E-state index is 13.4. The van der Waals surface area contributed by atoms with Crippen LogP contribution in [0.25, 0.3) is 0 Å². The van der Waals surface area contributed by atoms with E-state index in [1.165, 1.54) is 13.2 Å². The van der Waals surface area contributed by atoms with Gasteiger partial charge in [-0.25, -0.2) is 4.39 Å². The summed E-state index contributed by atoms with van der Waals surface area (Å²) in [7, 11) is 1.53. The lowest BCUT2D eigenvalue weighted by atomic mass is 10.2. The molecule has 2 aromatic rings. The van der Waals surface area contributed by atoms with Gasteiger partial charge in [0.05, 0.1) is 12.8 Å². The summed E-state index contributed by atoms with van der Waals surface area (Å²) in [6.07, 6.45) is 0. The number of pyridine rings is 1. The summed E-state index contributed by atoms with van der Waals surface area (Å²) in [6.45, 7) is 0.317. The second-order valence-corrected chi connectivity index (χ2v) is 3.74. The molecule has 0 radical (unpaired) electrons. The molecule has 0 aliphatic rings. The number of ether oxygens (including phenoxy) is 1. The van der Waals surface area contributed by atoms with Crippen molar-refractivity contribution < 1.29 is 9.13 Å². The zero-order valence-electron chi connectivity index (χ0n) is 9.98. The van der Waals surface area contributed by atoms with Gasteiger partial charge in [-0.15, -0.1) is 0 Å². The van der Waals surface area contributed by atoms with Crippen LogP contribution in [-0.4, -0.2) is 12.1 Å². The number of aromatic nitrogens is 1. The summed E-state index contributed by atoms with van der Waals surface area (Å²) in [6, 6.07) is 9.91. The van der Waals surface area contributed by atoms with Crippen molar-refractivity contribution in [3.05, 3.63) is 47.8 Å². The Morgan fingerprint density at radius 2 is 2.06 bits per heavy atom. The van der Waals surface area contributed by atoms with Crippen molar-refractivity contribution in [3.63, 3.8) is 0 Å². The zero-order valence-corrected chi connectivity index (χ0v) is 9.98. The molecule has 0 aliphatic heterocycles. The predicted octanol–water partition coefficient (Wildman–Crippen LogP) is 2.42. The number of hydrogen-bond donors (Lipinski definition) is 2. The van der Waals surface area contributed by atoms with Crippen LogP contribution in [0.3, 0.4) is 0 Å². The fraction of sp³-hybridized carbons (Fsp3) is 0.154. The number of nitrogens with one attached hydrogen (secondary N) is 1. The molecule has 1 aromatic carbocycles. The molecule has 5 heteroatoms. The largest absolute Gasteiger partial charge is 0.481 e. The van der Waals surface area contributed by atoms with Gasteiger partial charge in [0.25, 0.3) is 0 Å². The van der Waals surface area contributed by atoms with E-state index in [1.807, 2.05) is 0 Å². The molecule has 1 heterocycles. The SMILES string of the molecule is COc1ccc(N)c(NCc2ccccc2F)n1. The maximum atomic E-state index is 13.4. The third kappa shape index (κ3) is 2.68. The molecular weight excluding hydrogens is 233 g/mol. The van der Waals surface area contributed by atoms with Crippen LogP contribution in [0.15, 0.2) is 36.4 Å². The van der Waals surface area contributed by atoms with Crippen LogP contribution < -0.4 is 15.8 Å². The first-order valence-electron chi connectivity index (χ1n) is 5.48. The van der Waals surface area contributed by atoms with Gasteiger partial charge in [0.1, 0.15) is 5.82 Å². The van der Waals surface area contributed by atoms with E-state index in [9.17, 15) is 4.39 Å². The molecule has 18 heavy (non-hydrogen) atoms. The molecule has 0 unspecified atom stereocenters. The van der Waals surface area contributed by atoms with Crippen LogP contribution in [0.2, 0.25) is 0 Å². The van der Waals surface area contributed by atoms with E-state index >= 15 is 0 Å². The molecule has 0 aliphatic carbocycles. The smallest absolute Gasteiger partial charge is 0.215 e. The van der Waals surface area contributed by atoms with Gasteiger partial charge >= 0.3 is 0 Å². The molecule has 3 N–H and O–H groups in total. The van der Waals surface area contributed by atoms with Crippen LogP contribution >= 0.6 is 0 Å². The number of methoxy groups -OCH3 is 1. The maximum Gasteiger partial charge on any atom is 0.215 e. The van der Waals surface area contributed by atoms with Crippen LogP contribution in [0.5, 0.6) is 5.88 Å². The van der Waals surface area contributed by atoms with Crippen molar-refractivity contribution in [3.8, 4) is 5.88 Å². The van der Waals surface area contributed by atoms with Crippen LogP contribution in [0, 0.1) is 5.82 Å². The van der Waals surface area contributed by atoms with Crippen molar-refractivity contribution >= 4 is 11.5 Å². The fourth-order valence-electron chi connectivity index (χ4n) is 1.53. The summed E-state index contributed by atoms with van der Waals surface area (Å²) in [5, 5.41) is 2.99. The minimum absolute atomic E-state index is 0.258. The van der Waals surface area contributed by atoms with Crippen LogP contribution in [0.1, 0.15) is 5.56 Å². The van der Waals surface area contributed by atoms with Gasteiger partial charge < -0.3 is 15.8 Å². The van der Waals surface area contributed by atoms with Gasteiger partial charge in [-0.05, 0) is 12.1 Å². The molecule has 0 fully saturated rings. The Morgan fingerprint density at radius 3 is 2.78 bits per heavy atom. The quantitative estimate of drug-likeness (QED) is 0.871.